The Labute approximate surface area is 143 Å². The maximum absolute atomic E-state index is 5.47. The Bertz CT molecular complexity index is 536. The Morgan fingerprint density at radius 3 is 2.87 bits per heavy atom. The van der Waals surface area contributed by atoms with Crippen molar-refractivity contribution in [2.45, 2.75) is 37.6 Å². The van der Waals surface area contributed by atoms with Gasteiger partial charge >= 0.3 is 0 Å². The highest BCUT2D eigenvalue weighted by atomic mass is 32.2. The largest absolute Gasteiger partial charge is 0.494 e. The number of likely N-dealkylation sites (tertiary alicyclic amines) is 1. The molecule has 0 aromatic heterocycles. The van der Waals surface area contributed by atoms with Gasteiger partial charge < -0.3 is 10.1 Å². The van der Waals surface area contributed by atoms with Gasteiger partial charge in [-0.05, 0) is 37.8 Å². The van der Waals surface area contributed by atoms with Gasteiger partial charge in [0.2, 0.25) is 0 Å². The lowest BCUT2D eigenvalue weighted by molar-refractivity contribution is 0.271. The summed E-state index contributed by atoms with van der Waals surface area (Å²) in [5.74, 6) is 1.78. The van der Waals surface area contributed by atoms with Gasteiger partial charge in [-0.25, -0.2) is 0 Å². The fourth-order valence-electron chi connectivity index (χ4n) is 2.99. The van der Waals surface area contributed by atoms with E-state index < -0.39 is 0 Å². The summed E-state index contributed by atoms with van der Waals surface area (Å²) in [5, 5.41) is 12.1. The molecule has 1 atom stereocenters. The lowest BCUT2D eigenvalue weighted by Crippen LogP contribution is -2.31. The average molecular weight is 337 g/mol. The van der Waals surface area contributed by atoms with Crippen LogP contribution in [0.5, 0.6) is 5.75 Å². The minimum absolute atomic E-state index is 0.538. The molecule has 5 nitrogen and oxygen atoms in total. The summed E-state index contributed by atoms with van der Waals surface area (Å²) in [6, 6.07) is 4.60. The molecular formula is C17H28N4OS. The first-order chi connectivity index (χ1) is 11.2. The summed E-state index contributed by atoms with van der Waals surface area (Å²) in [5.41, 5.74) is 1.88. The number of methoxy groups -OCH3 is 1. The molecule has 0 radical (unpaired) electrons. The van der Waals surface area contributed by atoms with Crippen molar-refractivity contribution in [3.05, 3.63) is 12.1 Å². The second-order valence-corrected chi connectivity index (χ2v) is 6.86. The minimum Gasteiger partial charge on any atom is -0.494 e. The van der Waals surface area contributed by atoms with Crippen LogP contribution in [0.25, 0.3) is 0 Å². The van der Waals surface area contributed by atoms with Crippen LogP contribution in [0, 0.1) is 0 Å². The first-order valence-corrected chi connectivity index (χ1v) is 9.36. The van der Waals surface area contributed by atoms with E-state index >= 15 is 0 Å². The quantitative estimate of drug-likeness (QED) is 0.564. The van der Waals surface area contributed by atoms with Gasteiger partial charge in [-0.15, -0.1) is 11.8 Å². The van der Waals surface area contributed by atoms with Gasteiger partial charge in [0.25, 0.3) is 0 Å². The predicted octanol–water partition coefficient (Wildman–Crippen LogP) is 4.42. The molecule has 1 aliphatic rings. The van der Waals surface area contributed by atoms with Crippen LogP contribution in [0.15, 0.2) is 27.3 Å². The number of rotatable bonds is 8. The van der Waals surface area contributed by atoms with E-state index in [4.69, 9.17) is 4.74 Å². The van der Waals surface area contributed by atoms with Gasteiger partial charge in [-0.3, -0.25) is 4.90 Å². The molecule has 0 aliphatic carbocycles. The summed E-state index contributed by atoms with van der Waals surface area (Å²) < 4.78 is 5.47. The molecule has 128 valence electrons. The van der Waals surface area contributed by atoms with E-state index in [1.165, 1.54) is 24.3 Å². The SMILES string of the molecule is CCSc1cc(N=NC[C@@H]2CCCN2CC)c(OC)cc1NC. The topological polar surface area (TPSA) is 49.2 Å². The van der Waals surface area contributed by atoms with Gasteiger partial charge in [0.15, 0.2) is 0 Å². The number of benzene rings is 1. The lowest BCUT2D eigenvalue weighted by atomic mass is 10.2. The predicted molar refractivity (Wildman–Crippen MR) is 98.6 cm³/mol. The zero-order valence-corrected chi connectivity index (χ0v) is 15.4. The van der Waals surface area contributed by atoms with Crippen molar-refractivity contribution >= 4 is 23.1 Å². The summed E-state index contributed by atoms with van der Waals surface area (Å²) in [7, 11) is 3.60. The number of azo groups is 1. The fourth-order valence-corrected chi connectivity index (χ4v) is 3.81. The van der Waals surface area contributed by atoms with Crippen LogP contribution in [-0.4, -0.2) is 50.5 Å². The summed E-state index contributed by atoms with van der Waals surface area (Å²) in [6.07, 6.45) is 2.49. The molecule has 1 fully saturated rings. The fraction of sp³-hybridized carbons (Fsp3) is 0.647. The third kappa shape index (κ3) is 4.61. The van der Waals surface area contributed by atoms with E-state index in [1.54, 1.807) is 18.9 Å². The van der Waals surface area contributed by atoms with Crippen molar-refractivity contribution in [2.75, 3.05) is 44.9 Å². The number of hydrogen-bond donors (Lipinski definition) is 1. The van der Waals surface area contributed by atoms with Crippen molar-refractivity contribution < 1.29 is 4.74 Å². The second-order valence-electron chi connectivity index (χ2n) is 5.55. The van der Waals surface area contributed by atoms with Crippen LogP contribution < -0.4 is 10.1 Å². The summed E-state index contributed by atoms with van der Waals surface area (Å²) in [4.78, 5) is 3.67. The van der Waals surface area contributed by atoms with Crippen LogP contribution in [0.3, 0.4) is 0 Å². The Kier molecular flexibility index (Phi) is 7.17. The average Bonchev–Trinajstić information content (AvgIpc) is 3.03. The van der Waals surface area contributed by atoms with E-state index in [2.05, 4.69) is 40.4 Å². The van der Waals surface area contributed by atoms with Gasteiger partial charge in [-0.2, -0.15) is 10.2 Å². The Hall–Kier alpha value is -1.27. The van der Waals surface area contributed by atoms with Crippen molar-refractivity contribution in [3.63, 3.8) is 0 Å². The number of thioether (sulfide) groups is 1. The molecular weight excluding hydrogens is 308 g/mol. The van der Waals surface area contributed by atoms with Crippen molar-refractivity contribution in [2.24, 2.45) is 10.2 Å². The smallest absolute Gasteiger partial charge is 0.148 e. The van der Waals surface area contributed by atoms with Crippen LogP contribution >= 0.6 is 11.8 Å². The molecule has 1 saturated heterocycles. The highest BCUT2D eigenvalue weighted by molar-refractivity contribution is 7.99. The third-order valence-electron chi connectivity index (χ3n) is 4.23. The van der Waals surface area contributed by atoms with E-state index in [0.29, 0.717) is 6.04 Å². The molecule has 1 N–H and O–H groups in total. The van der Waals surface area contributed by atoms with Crippen LogP contribution in [0.2, 0.25) is 0 Å². The van der Waals surface area contributed by atoms with E-state index in [-0.39, 0.29) is 0 Å². The molecule has 1 aliphatic heterocycles. The molecule has 0 saturated carbocycles. The number of nitrogens with zero attached hydrogens (tertiary/aromatic N) is 3. The van der Waals surface area contributed by atoms with E-state index in [0.717, 1.165) is 36.0 Å². The number of anilines is 1. The van der Waals surface area contributed by atoms with Gasteiger partial charge in [-0.1, -0.05) is 13.8 Å². The van der Waals surface area contributed by atoms with Crippen LogP contribution in [0.1, 0.15) is 26.7 Å². The number of hydrogen-bond acceptors (Lipinski definition) is 6. The Morgan fingerprint density at radius 2 is 2.22 bits per heavy atom. The normalized spacial score (nSPS) is 18.7. The maximum atomic E-state index is 5.47. The molecule has 0 bridgehead atoms. The van der Waals surface area contributed by atoms with Crippen LogP contribution in [-0.2, 0) is 0 Å². The molecule has 2 rings (SSSR count). The molecule has 1 heterocycles. The highest BCUT2D eigenvalue weighted by Crippen LogP contribution is 2.38. The molecule has 0 spiro atoms. The Balaban J connectivity index is 2.13. The van der Waals surface area contributed by atoms with E-state index in [1.807, 2.05) is 13.1 Å². The first kappa shape index (κ1) is 18.1. The van der Waals surface area contributed by atoms with Crippen molar-refractivity contribution in [1.82, 2.24) is 4.90 Å². The first-order valence-electron chi connectivity index (χ1n) is 8.37. The molecule has 1 aromatic carbocycles. The van der Waals surface area contributed by atoms with Gasteiger partial charge in [0, 0.05) is 24.1 Å². The van der Waals surface area contributed by atoms with Crippen LogP contribution in [0.4, 0.5) is 11.4 Å². The zero-order chi connectivity index (χ0) is 16.7. The molecule has 23 heavy (non-hydrogen) atoms. The maximum Gasteiger partial charge on any atom is 0.148 e. The van der Waals surface area contributed by atoms with Gasteiger partial charge in [0.1, 0.15) is 11.4 Å². The number of nitrogens with one attached hydrogen (secondary N) is 1. The van der Waals surface area contributed by atoms with Crippen molar-refractivity contribution in [3.8, 4) is 5.75 Å². The molecule has 1 aromatic rings. The lowest BCUT2D eigenvalue weighted by Gasteiger charge is -2.20. The number of likely N-dealkylation sites (N-methyl/N-ethyl adjacent to an activating group) is 1. The standard InChI is InChI=1S/C17H28N4OS/c1-5-21-9-7-8-13(21)12-19-20-14-11-17(23-6-2)15(18-3)10-16(14)22-4/h10-11,13,18H,5-9,12H2,1-4H3/t13-/m0/s1. The monoisotopic (exact) mass is 336 g/mol. The summed E-state index contributed by atoms with van der Waals surface area (Å²) >= 11 is 1.79. The molecule has 0 unspecified atom stereocenters. The number of ether oxygens (including phenoxy) is 1. The van der Waals surface area contributed by atoms with E-state index in [9.17, 15) is 0 Å². The minimum atomic E-state index is 0.538. The molecule has 0 amide bonds. The summed E-state index contributed by atoms with van der Waals surface area (Å²) in [6.45, 7) is 7.41. The highest BCUT2D eigenvalue weighted by Gasteiger charge is 2.22. The van der Waals surface area contributed by atoms with Gasteiger partial charge in [0.05, 0.1) is 19.3 Å². The Morgan fingerprint density at radius 1 is 1.39 bits per heavy atom. The second kappa shape index (κ2) is 9.13. The third-order valence-corrected chi connectivity index (χ3v) is 5.16. The van der Waals surface area contributed by atoms with Crippen molar-refractivity contribution in [1.29, 1.82) is 0 Å². The zero-order valence-electron chi connectivity index (χ0n) is 14.6. The molecule has 6 heteroatoms.